The molecule has 4 aliphatic carbocycles. The highest BCUT2D eigenvalue weighted by atomic mass is 16.7. The zero-order valence-electron chi connectivity index (χ0n) is 24.6. The van der Waals surface area contributed by atoms with Crippen molar-refractivity contribution in [2.45, 2.75) is 111 Å². The van der Waals surface area contributed by atoms with Crippen LogP contribution in [-0.4, -0.2) is 48.2 Å². The topological polar surface area (TPSA) is 71.0 Å². The summed E-state index contributed by atoms with van der Waals surface area (Å²) in [7, 11) is 0. The molecule has 0 bridgehead atoms. The molecule has 7 atom stereocenters. The van der Waals surface area contributed by atoms with Crippen LogP contribution in [-0.2, 0) is 9.63 Å². The van der Waals surface area contributed by atoms with Crippen molar-refractivity contribution in [1.82, 2.24) is 10.2 Å². The molecule has 1 heterocycles. The number of rotatable bonds is 6. The molecule has 212 valence electrons. The molecule has 6 heteroatoms. The van der Waals surface area contributed by atoms with Crippen LogP contribution >= 0.6 is 0 Å². The maximum Gasteiger partial charge on any atom is 0.436 e. The van der Waals surface area contributed by atoms with Crippen molar-refractivity contribution in [3.05, 3.63) is 11.6 Å². The monoisotopic (exact) mass is 525 g/mol. The van der Waals surface area contributed by atoms with Gasteiger partial charge < -0.3 is 10.2 Å². The van der Waals surface area contributed by atoms with E-state index >= 15 is 0 Å². The zero-order valence-corrected chi connectivity index (χ0v) is 24.6. The molecule has 5 rings (SSSR count). The molecular formula is C32H51N3O3. The smallest absolute Gasteiger partial charge is 0.312 e. The molecule has 38 heavy (non-hydrogen) atoms. The summed E-state index contributed by atoms with van der Waals surface area (Å²) in [6.07, 6.45) is 14.1. The van der Waals surface area contributed by atoms with E-state index in [1.165, 1.54) is 44.1 Å². The molecule has 1 unspecified atom stereocenters. The molecule has 0 aromatic rings. The van der Waals surface area contributed by atoms with Crippen molar-refractivity contribution in [1.29, 1.82) is 0 Å². The molecule has 1 amide bonds. The van der Waals surface area contributed by atoms with E-state index in [0.717, 1.165) is 50.3 Å². The number of hydrogen-bond acceptors (Lipinski definition) is 5. The summed E-state index contributed by atoms with van der Waals surface area (Å²) in [5.41, 5.74) is 2.86. The lowest BCUT2D eigenvalue weighted by atomic mass is 9.46. The number of carbonyl (C=O) groups excluding carboxylic acids is 2. The Kier molecular flexibility index (Phi) is 8.11. The van der Waals surface area contributed by atoms with Crippen molar-refractivity contribution in [2.75, 3.05) is 19.6 Å². The fourth-order valence-corrected chi connectivity index (χ4v) is 9.49. The first kappa shape index (κ1) is 27.9. The number of carbonyl (C=O) groups is 2. The van der Waals surface area contributed by atoms with E-state index in [-0.39, 0.29) is 16.9 Å². The van der Waals surface area contributed by atoms with E-state index < -0.39 is 0 Å². The second-order valence-electron chi connectivity index (χ2n) is 14.2. The zero-order chi connectivity index (χ0) is 27.1. The minimum absolute atomic E-state index is 0.210. The van der Waals surface area contributed by atoms with Gasteiger partial charge in [0.05, 0.1) is 5.71 Å². The fraction of sp³-hybridized carbons (Fsp3) is 0.844. The van der Waals surface area contributed by atoms with E-state index in [4.69, 9.17) is 4.84 Å². The number of fused-ring (bicyclic) bond motifs is 5. The maximum absolute atomic E-state index is 13.2. The first-order chi connectivity index (χ1) is 18.1. The van der Waals surface area contributed by atoms with E-state index in [2.05, 4.69) is 45.1 Å². The van der Waals surface area contributed by atoms with Gasteiger partial charge in [-0.05, 0) is 112 Å². The second kappa shape index (κ2) is 11.1. The summed E-state index contributed by atoms with van der Waals surface area (Å²) in [6.45, 7) is 13.7. The van der Waals surface area contributed by atoms with Crippen LogP contribution < -0.4 is 5.32 Å². The van der Waals surface area contributed by atoms with Crippen LogP contribution in [0.25, 0.3) is 0 Å². The number of oxime groups is 1. The predicted octanol–water partition coefficient (Wildman–Crippen LogP) is 6.75. The van der Waals surface area contributed by atoms with E-state index in [1.54, 1.807) is 0 Å². The molecule has 1 saturated heterocycles. The van der Waals surface area contributed by atoms with Crippen molar-refractivity contribution >= 4 is 17.6 Å². The molecule has 5 aliphatic rings. The van der Waals surface area contributed by atoms with Gasteiger partial charge >= 0.3 is 6.09 Å². The van der Waals surface area contributed by atoms with Gasteiger partial charge in [-0.1, -0.05) is 44.8 Å². The molecule has 3 saturated carbocycles. The number of ketones is 1. The van der Waals surface area contributed by atoms with Gasteiger partial charge in [0.2, 0.25) is 0 Å². The number of allylic oxidation sites excluding steroid dienone is 1. The highest BCUT2D eigenvalue weighted by Crippen LogP contribution is 2.66. The molecule has 0 aromatic heterocycles. The summed E-state index contributed by atoms with van der Waals surface area (Å²) in [6, 6.07) is 0.347. The van der Waals surface area contributed by atoms with Crippen LogP contribution in [0.5, 0.6) is 0 Å². The number of nitrogens with zero attached hydrogens (tertiary/aromatic N) is 2. The van der Waals surface area contributed by atoms with Gasteiger partial charge in [0.25, 0.3) is 0 Å². The number of nitrogens with one attached hydrogen (secondary N) is 1. The first-order valence-electron chi connectivity index (χ1n) is 15.6. The summed E-state index contributed by atoms with van der Waals surface area (Å²) >= 11 is 0. The third kappa shape index (κ3) is 5.23. The number of amides is 1. The molecular weight excluding hydrogens is 474 g/mol. The molecule has 0 spiro atoms. The minimum Gasteiger partial charge on any atom is -0.312 e. The lowest BCUT2D eigenvalue weighted by Crippen LogP contribution is -2.51. The van der Waals surface area contributed by atoms with Crippen LogP contribution in [0.2, 0.25) is 0 Å². The standard InChI is InChI=1S/C32H51N3O3/c1-21(2)19-35(20-24-8-6-7-17-33-24)30(37)38-34-22(3)27-11-12-28-26-10-9-23-18-25(36)13-15-31(23,4)29(26)14-16-32(27,28)5/h18,21,24,26-29,33H,6-17,19-20H2,1-5H3/b34-22+/t24?,26-,27+,28-,29-,31-,32+/m0/s1. The molecule has 0 aromatic carbocycles. The van der Waals surface area contributed by atoms with Crippen LogP contribution in [0, 0.1) is 40.4 Å². The Bertz CT molecular complexity index is 967. The molecule has 0 radical (unpaired) electrons. The van der Waals surface area contributed by atoms with Gasteiger partial charge in [0.1, 0.15) is 0 Å². The van der Waals surface area contributed by atoms with E-state index in [9.17, 15) is 9.59 Å². The largest absolute Gasteiger partial charge is 0.436 e. The number of hydrogen-bond donors (Lipinski definition) is 1. The SMILES string of the molecule is C/C(=N\OC(=O)N(CC(C)C)CC1CCCCN1)[C@H]1CC[C@H]2[C@@H]3CCC4=CC(=O)CC[C@]4(C)[C@H]3CC[C@]12C. The van der Waals surface area contributed by atoms with Gasteiger partial charge in [-0.25, -0.2) is 4.79 Å². The Morgan fingerprint density at radius 2 is 1.92 bits per heavy atom. The third-order valence-corrected chi connectivity index (χ3v) is 11.4. The minimum atomic E-state index is -0.305. The summed E-state index contributed by atoms with van der Waals surface area (Å²) < 4.78 is 0. The van der Waals surface area contributed by atoms with Crippen LogP contribution in [0.3, 0.4) is 0 Å². The van der Waals surface area contributed by atoms with Crippen molar-refractivity contribution < 1.29 is 14.4 Å². The second-order valence-corrected chi connectivity index (χ2v) is 14.2. The Morgan fingerprint density at radius 1 is 1.11 bits per heavy atom. The fourth-order valence-electron chi connectivity index (χ4n) is 9.49. The third-order valence-electron chi connectivity index (χ3n) is 11.4. The Morgan fingerprint density at radius 3 is 2.66 bits per heavy atom. The first-order valence-corrected chi connectivity index (χ1v) is 15.6. The molecule has 4 fully saturated rings. The van der Waals surface area contributed by atoms with Gasteiger partial charge in [-0.2, -0.15) is 0 Å². The van der Waals surface area contributed by atoms with E-state index in [0.29, 0.717) is 48.6 Å². The van der Waals surface area contributed by atoms with Crippen LogP contribution in [0.1, 0.15) is 105 Å². The summed E-state index contributed by atoms with van der Waals surface area (Å²) in [5.74, 6) is 3.21. The predicted molar refractivity (Wildman–Crippen MR) is 152 cm³/mol. The van der Waals surface area contributed by atoms with Crippen LogP contribution in [0.15, 0.2) is 16.8 Å². The van der Waals surface area contributed by atoms with E-state index in [1.807, 2.05) is 11.0 Å². The molecule has 1 aliphatic heterocycles. The normalized spacial score (nSPS) is 39.2. The van der Waals surface area contributed by atoms with Gasteiger partial charge in [-0.3, -0.25) is 9.63 Å². The van der Waals surface area contributed by atoms with Gasteiger partial charge in [0.15, 0.2) is 5.78 Å². The van der Waals surface area contributed by atoms with Crippen molar-refractivity contribution in [3.63, 3.8) is 0 Å². The van der Waals surface area contributed by atoms with Crippen molar-refractivity contribution in [3.8, 4) is 0 Å². The average molecular weight is 526 g/mol. The highest BCUT2D eigenvalue weighted by Gasteiger charge is 2.59. The Balaban J connectivity index is 1.25. The van der Waals surface area contributed by atoms with Crippen molar-refractivity contribution in [2.24, 2.45) is 45.6 Å². The lowest BCUT2D eigenvalue weighted by molar-refractivity contribution is -0.117. The molecule has 1 N–H and O–H groups in total. The summed E-state index contributed by atoms with van der Waals surface area (Å²) in [4.78, 5) is 32.8. The van der Waals surface area contributed by atoms with Crippen LogP contribution in [0.4, 0.5) is 4.79 Å². The Hall–Kier alpha value is -1.69. The average Bonchev–Trinajstić information content (AvgIpc) is 3.25. The lowest BCUT2D eigenvalue weighted by Gasteiger charge is -2.58. The van der Waals surface area contributed by atoms with Gasteiger partial charge in [0, 0.05) is 31.5 Å². The summed E-state index contributed by atoms with van der Waals surface area (Å²) in [5, 5.41) is 8.08. The maximum atomic E-state index is 13.2. The number of piperidine rings is 1. The highest BCUT2D eigenvalue weighted by molar-refractivity contribution is 5.91. The molecule has 6 nitrogen and oxygen atoms in total. The quantitative estimate of drug-likeness (QED) is 0.237. The van der Waals surface area contributed by atoms with Gasteiger partial charge in [-0.15, -0.1) is 0 Å². The Labute approximate surface area is 230 Å².